The first-order chi connectivity index (χ1) is 10.3. The van der Waals surface area contributed by atoms with E-state index < -0.39 is 0 Å². The van der Waals surface area contributed by atoms with Gasteiger partial charge < -0.3 is 9.47 Å². The van der Waals surface area contributed by atoms with Crippen LogP contribution in [0.5, 0.6) is 11.5 Å². The number of hydrogen-bond acceptors (Lipinski definition) is 5. The predicted octanol–water partition coefficient (Wildman–Crippen LogP) is 3.14. The van der Waals surface area contributed by atoms with E-state index in [1.807, 2.05) is 47.3 Å². The van der Waals surface area contributed by atoms with Crippen molar-refractivity contribution in [3.05, 3.63) is 36.5 Å². The number of nitrogens with zero attached hydrogens (tertiary/aromatic N) is 3. The van der Waals surface area contributed by atoms with E-state index in [1.165, 1.54) is 11.8 Å². The summed E-state index contributed by atoms with van der Waals surface area (Å²) >= 11 is 1.51. The summed E-state index contributed by atoms with van der Waals surface area (Å²) < 4.78 is 12.7. The van der Waals surface area contributed by atoms with Crippen molar-refractivity contribution in [3.8, 4) is 22.8 Å². The molecule has 108 valence electrons. The number of methoxy groups -OCH3 is 2. The largest absolute Gasteiger partial charge is 0.493 e. The minimum absolute atomic E-state index is 0.698. The van der Waals surface area contributed by atoms with Crippen molar-refractivity contribution in [2.45, 2.75) is 5.16 Å². The zero-order valence-corrected chi connectivity index (χ0v) is 12.8. The van der Waals surface area contributed by atoms with Crippen molar-refractivity contribution in [1.82, 2.24) is 14.6 Å². The summed E-state index contributed by atoms with van der Waals surface area (Å²) in [5, 5.41) is 5.26. The molecule has 0 amide bonds. The molecule has 2 heterocycles. The quantitative estimate of drug-likeness (QED) is 0.693. The molecule has 0 saturated carbocycles. The highest BCUT2D eigenvalue weighted by Crippen LogP contribution is 2.38. The molecule has 6 heteroatoms. The van der Waals surface area contributed by atoms with Crippen LogP contribution < -0.4 is 9.47 Å². The normalized spacial score (nSPS) is 10.8. The Morgan fingerprint density at radius 3 is 2.67 bits per heavy atom. The monoisotopic (exact) mass is 301 g/mol. The molecule has 2 aromatic heterocycles. The molecular formula is C15H15N3O2S. The Bertz CT molecular complexity index is 786. The van der Waals surface area contributed by atoms with Crippen molar-refractivity contribution in [2.75, 3.05) is 20.5 Å². The van der Waals surface area contributed by atoms with E-state index in [2.05, 4.69) is 10.1 Å². The van der Waals surface area contributed by atoms with E-state index in [1.54, 1.807) is 14.2 Å². The van der Waals surface area contributed by atoms with Crippen LogP contribution in [0.15, 0.2) is 41.7 Å². The number of benzene rings is 1. The molecule has 0 spiro atoms. The highest BCUT2D eigenvalue weighted by Gasteiger charge is 2.15. The van der Waals surface area contributed by atoms with Gasteiger partial charge in [0.2, 0.25) is 5.16 Å². The molecule has 3 aromatic rings. The third-order valence-corrected chi connectivity index (χ3v) is 3.79. The van der Waals surface area contributed by atoms with Gasteiger partial charge in [-0.2, -0.15) is 0 Å². The van der Waals surface area contributed by atoms with Crippen molar-refractivity contribution in [3.63, 3.8) is 0 Å². The maximum absolute atomic E-state index is 5.51. The van der Waals surface area contributed by atoms with Crippen molar-refractivity contribution < 1.29 is 9.47 Å². The lowest BCUT2D eigenvalue weighted by Crippen LogP contribution is -1.99. The first-order valence-corrected chi connectivity index (χ1v) is 7.61. The summed E-state index contributed by atoms with van der Waals surface area (Å²) in [5.74, 6) is 1.40. The maximum Gasteiger partial charge on any atom is 0.207 e. The Balaban J connectivity index is 2.25. The summed E-state index contributed by atoms with van der Waals surface area (Å²) in [7, 11) is 3.27. The molecule has 0 fully saturated rings. The maximum atomic E-state index is 5.51. The molecule has 1 aromatic carbocycles. The number of thioether (sulfide) groups is 1. The van der Waals surface area contributed by atoms with Crippen molar-refractivity contribution >= 4 is 17.3 Å². The zero-order chi connectivity index (χ0) is 14.8. The lowest BCUT2D eigenvalue weighted by molar-refractivity contribution is 0.356. The highest BCUT2D eigenvalue weighted by atomic mass is 32.2. The van der Waals surface area contributed by atoms with E-state index in [0.29, 0.717) is 11.5 Å². The van der Waals surface area contributed by atoms with E-state index >= 15 is 0 Å². The van der Waals surface area contributed by atoms with Crippen LogP contribution in [0.4, 0.5) is 0 Å². The molecule has 0 bridgehead atoms. The van der Waals surface area contributed by atoms with Gasteiger partial charge in [-0.25, -0.2) is 9.50 Å². The minimum atomic E-state index is 0.698. The summed E-state index contributed by atoms with van der Waals surface area (Å²) in [4.78, 5) is 4.28. The molecule has 0 aliphatic rings. The molecule has 0 saturated heterocycles. The molecule has 5 nitrogen and oxygen atoms in total. The molecule has 0 aliphatic heterocycles. The van der Waals surface area contributed by atoms with Crippen molar-refractivity contribution in [1.29, 1.82) is 0 Å². The Labute approximate surface area is 126 Å². The summed E-state index contributed by atoms with van der Waals surface area (Å²) in [6.45, 7) is 0. The van der Waals surface area contributed by atoms with E-state index in [4.69, 9.17) is 9.47 Å². The lowest BCUT2D eigenvalue weighted by atomic mass is 10.1. The average Bonchev–Trinajstić information content (AvgIpc) is 2.96. The molecule has 21 heavy (non-hydrogen) atoms. The SMILES string of the molecule is COc1cccc(-c2ccc3cnc(SC)nn23)c1OC. The molecule has 0 aliphatic carbocycles. The smallest absolute Gasteiger partial charge is 0.207 e. The van der Waals surface area contributed by atoms with Crippen LogP contribution in [0, 0.1) is 0 Å². The standard InChI is InChI=1S/C15H15N3O2S/c1-19-13-6-4-5-11(14(13)20-2)12-8-7-10-9-16-15(21-3)17-18(10)12/h4-9H,1-3H3. The fraction of sp³-hybridized carbons (Fsp3) is 0.200. The second kappa shape index (κ2) is 5.65. The molecule has 3 rings (SSSR count). The Morgan fingerprint density at radius 1 is 1.10 bits per heavy atom. The first-order valence-electron chi connectivity index (χ1n) is 6.38. The number of para-hydroxylation sites is 1. The third-order valence-electron chi connectivity index (χ3n) is 3.24. The number of fused-ring (bicyclic) bond motifs is 1. The van der Waals surface area contributed by atoms with E-state index in [9.17, 15) is 0 Å². The fourth-order valence-corrected chi connectivity index (χ4v) is 2.59. The van der Waals surface area contributed by atoms with Gasteiger partial charge in [-0.1, -0.05) is 17.8 Å². The Kier molecular flexibility index (Phi) is 3.70. The van der Waals surface area contributed by atoms with Crippen LogP contribution in [0.2, 0.25) is 0 Å². The van der Waals surface area contributed by atoms with Crippen LogP contribution in [0.25, 0.3) is 16.8 Å². The van der Waals surface area contributed by atoms with Gasteiger partial charge in [0.25, 0.3) is 0 Å². The number of ether oxygens (including phenoxy) is 2. The highest BCUT2D eigenvalue weighted by molar-refractivity contribution is 7.98. The topological polar surface area (TPSA) is 48.7 Å². The number of rotatable bonds is 4. The van der Waals surface area contributed by atoms with Gasteiger partial charge in [0.05, 0.1) is 31.6 Å². The first kappa shape index (κ1) is 13.8. The van der Waals surface area contributed by atoms with Gasteiger partial charge in [0.1, 0.15) is 0 Å². The molecule has 0 atom stereocenters. The van der Waals surface area contributed by atoms with Gasteiger partial charge in [-0.05, 0) is 30.5 Å². The summed E-state index contributed by atoms with van der Waals surface area (Å²) in [6.07, 6.45) is 3.77. The van der Waals surface area contributed by atoms with E-state index in [-0.39, 0.29) is 0 Å². The fourth-order valence-electron chi connectivity index (χ4n) is 2.27. The van der Waals surface area contributed by atoms with Gasteiger partial charge in [0.15, 0.2) is 11.5 Å². The van der Waals surface area contributed by atoms with Crippen LogP contribution in [-0.2, 0) is 0 Å². The van der Waals surface area contributed by atoms with Crippen LogP contribution in [-0.4, -0.2) is 35.1 Å². The summed E-state index contributed by atoms with van der Waals surface area (Å²) in [6, 6.07) is 9.79. The van der Waals surface area contributed by atoms with Crippen LogP contribution in [0.3, 0.4) is 0 Å². The third kappa shape index (κ3) is 2.31. The van der Waals surface area contributed by atoms with Crippen LogP contribution >= 0.6 is 11.8 Å². The predicted molar refractivity (Wildman–Crippen MR) is 83.3 cm³/mol. The van der Waals surface area contributed by atoms with Crippen molar-refractivity contribution in [2.24, 2.45) is 0 Å². The molecule has 0 radical (unpaired) electrons. The van der Waals surface area contributed by atoms with Gasteiger partial charge in [-0.3, -0.25) is 0 Å². The molecule has 0 unspecified atom stereocenters. The molecule has 0 N–H and O–H groups in total. The number of hydrogen-bond donors (Lipinski definition) is 0. The second-order valence-electron chi connectivity index (χ2n) is 4.34. The second-order valence-corrected chi connectivity index (χ2v) is 5.11. The summed E-state index contributed by atoms with van der Waals surface area (Å²) in [5.41, 5.74) is 2.81. The zero-order valence-electron chi connectivity index (χ0n) is 12.0. The van der Waals surface area contributed by atoms with Gasteiger partial charge >= 0.3 is 0 Å². The lowest BCUT2D eigenvalue weighted by Gasteiger charge is -2.12. The van der Waals surface area contributed by atoms with Gasteiger partial charge in [-0.15, -0.1) is 5.10 Å². The van der Waals surface area contributed by atoms with E-state index in [0.717, 1.165) is 21.9 Å². The Hall–Kier alpha value is -2.21. The average molecular weight is 301 g/mol. The molecular weight excluding hydrogens is 286 g/mol. The van der Waals surface area contributed by atoms with Gasteiger partial charge in [0, 0.05) is 5.56 Å². The Morgan fingerprint density at radius 2 is 1.95 bits per heavy atom. The number of aromatic nitrogens is 3. The minimum Gasteiger partial charge on any atom is -0.493 e. The van der Waals surface area contributed by atoms with Crippen LogP contribution in [0.1, 0.15) is 0 Å².